The van der Waals surface area contributed by atoms with Crippen LogP contribution >= 0.6 is 0 Å². The molecule has 0 aliphatic carbocycles. The second-order valence-electron chi connectivity index (χ2n) is 4.93. The smallest absolute Gasteiger partial charge is 0.119 e. The monoisotopic (exact) mass is 257 g/mol. The van der Waals surface area contributed by atoms with Gasteiger partial charge in [-0.05, 0) is 60.6 Å². The van der Waals surface area contributed by atoms with E-state index in [1.165, 1.54) is 11.6 Å². The first-order valence-corrected chi connectivity index (χ1v) is 6.57. The van der Waals surface area contributed by atoms with E-state index in [0.29, 0.717) is 5.92 Å². The number of aromatic nitrogens is 1. The lowest BCUT2D eigenvalue weighted by molar-refractivity contribution is 0.447. The van der Waals surface area contributed by atoms with Crippen LogP contribution in [0.25, 0.3) is 0 Å². The van der Waals surface area contributed by atoms with Crippen LogP contribution in [0.5, 0.6) is 11.5 Å². The second kappa shape index (κ2) is 6.23. The summed E-state index contributed by atoms with van der Waals surface area (Å²) in [6, 6.07) is 8.86. The van der Waals surface area contributed by atoms with Crippen molar-refractivity contribution in [3.63, 3.8) is 0 Å². The Morgan fingerprint density at radius 3 is 2.32 bits per heavy atom. The van der Waals surface area contributed by atoms with Crippen LogP contribution in [0.2, 0.25) is 0 Å². The third-order valence-corrected chi connectivity index (χ3v) is 3.35. The van der Waals surface area contributed by atoms with Gasteiger partial charge in [0.25, 0.3) is 0 Å². The van der Waals surface area contributed by atoms with E-state index >= 15 is 0 Å². The zero-order valence-electron chi connectivity index (χ0n) is 11.1. The largest absolute Gasteiger partial charge is 0.508 e. The molecule has 0 saturated heterocycles. The highest BCUT2D eigenvalue weighted by Crippen LogP contribution is 2.28. The number of rotatable bonds is 5. The molecule has 0 bridgehead atoms. The van der Waals surface area contributed by atoms with Gasteiger partial charge >= 0.3 is 0 Å². The van der Waals surface area contributed by atoms with Crippen LogP contribution in [-0.4, -0.2) is 15.2 Å². The quantitative estimate of drug-likeness (QED) is 0.860. The fraction of sp³-hybridized carbons (Fsp3) is 0.312. The lowest BCUT2D eigenvalue weighted by atomic mass is 9.94. The van der Waals surface area contributed by atoms with E-state index < -0.39 is 0 Å². The highest BCUT2D eigenvalue weighted by molar-refractivity contribution is 5.38. The topological polar surface area (TPSA) is 53.4 Å². The Kier molecular flexibility index (Phi) is 4.39. The molecule has 1 aromatic carbocycles. The Labute approximate surface area is 113 Å². The fourth-order valence-electron chi connectivity index (χ4n) is 2.23. The van der Waals surface area contributed by atoms with Crippen LogP contribution in [0.1, 0.15) is 36.8 Å². The van der Waals surface area contributed by atoms with Gasteiger partial charge in [-0.2, -0.15) is 0 Å². The average Bonchev–Trinajstić information content (AvgIpc) is 2.38. The molecule has 0 fully saturated rings. The van der Waals surface area contributed by atoms with Gasteiger partial charge in [-0.15, -0.1) is 0 Å². The number of pyridine rings is 1. The predicted octanol–water partition coefficient (Wildman–Crippen LogP) is 3.62. The molecule has 100 valence electrons. The molecule has 1 heterocycles. The standard InChI is InChI=1S/C16H19NO2/c1-12(14-9-15(18)11-16(19)10-14)3-2-4-13-5-7-17-8-6-13/h5-12,18-19H,2-4H2,1H3. The molecule has 2 aromatic rings. The first-order valence-electron chi connectivity index (χ1n) is 6.57. The Bertz CT molecular complexity index is 505. The molecule has 3 heteroatoms. The Morgan fingerprint density at radius 2 is 1.68 bits per heavy atom. The van der Waals surface area contributed by atoms with E-state index in [1.54, 1.807) is 12.1 Å². The van der Waals surface area contributed by atoms with Gasteiger partial charge in [0, 0.05) is 18.5 Å². The summed E-state index contributed by atoms with van der Waals surface area (Å²) in [7, 11) is 0. The summed E-state index contributed by atoms with van der Waals surface area (Å²) in [4.78, 5) is 4.00. The number of benzene rings is 1. The Hall–Kier alpha value is -2.03. The molecule has 1 unspecified atom stereocenters. The normalized spacial score (nSPS) is 12.3. The van der Waals surface area contributed by atoms with Crippen LogP contribution in [0, 0.1) is 0 Å². The summed E-state index contributed by atoms with van der Waals surface area (Å²) in [5, 5.41) is 19.0. The van der Waals surface area contributed by atoms with Crippen LogP contribution in [0.4, 0.5) is 0 Å². The number of phenolic OH excluding ortho intramolecular Hbond substituents is 2. The molecule has 0 spiro atoms. The average molecular weight is 257 g/mol. The molecular weight excluding hydrogens is 238 g/mol. The summed E-state index contributed by atoms with van der Waals surface area (Å²) in [5.41, 5.74) is 2.27. The van der Waals surface area contributed by atoms with E-state index in [1.807, 2.05) is 24.5 Å². The lowest BCUT2D eigenvalue weighted by Gasteiger charge is -2.12. The zero-order valence-corrected chi connectivity index (χ0v) is 11.1. The third-order valence-electron chi connectivity index (χ3n) is 3.35. The lowest BCUT2D eigenvalue weighted by Crippen LogP contribution is -1.95. The molecule has 1 aromatic heterocycles. The summed E-state index contributed by atoms with van der Waals surface area (Å²) >= 11 is 0. The maximum atomic E-state index is 9.48. The fourth-order valence-corrected chi connectivity index (χ4v) is 2.23. The minimum Gasteiger partial charge on any atom is -0.508 e. The van der Waals surface area contributed by atoms with E-state index in [-0.39, 0.29) is 11.5 Å². The first kappa shape index (κ1) is 13.4. The second-order valence-corrected chi connectivity index (χ2v) is 4.93. The molecular formula is C16H19NO2. The Morgan fingerprint density at radius 1 is 1.05 bits per heavy atom. The number of hydrogen-bond acceptors (Lipinski definition) is 3. The summed E-state index contributed by atoms with van der Waals surface area (Å²) in [5.74, 6) is 0.562. The van der Waals surface area contributed by atoms with Crippen molar-refractivity contribution in [1.82, 2.24) is 4.98 Å². The summed E-state index contributed by atoms with van der Waals surface area (Å²) in [6.45, 7) is 2.11. The molecule has 2 rings (SSSR count). The predicted molar refractivity (Wildman–Crippen MR) is 75.4 cm³/mol. The maximum absolute atomic E-state index is 9.48. The summed E-state index contributed by atoms with van der Waals surface area (Å²) < 4.78 is 0. The van der Waals surface area contributed by atoms with Gasteiger partial charge in [0.05, 0.1) is 0 Å². The van der Waals surface area contributed by atoms with Crippen molar-refractivity contribution in [2.75, 3.05) is 0 Å². The van der Waals surface area contributed by atoms with Crippen molar-refractivity contribution in [1.29, 1.82) is 0 Å². The van der Waals surface area contributed by atoms with Crippen LogP contribution in [-0.2, 0) is 6.42 Å². The third kappa shape index (κ3) is 3.98. The Balaban J connectivity index is 1.89. The molecule has 0 aliphatic heterocycles. The molecule has 0 amide bonds. The van der Waals surface area contributed by atoms with Crippen molar-refractivity contribution in [3.05, 3.63) is 53.9 Å². The molecule has 0 saturated carbocycles. The highest BCUT2D eigenvalue weighted by atomic mass is 16.3. The van der Waals surface area contributed by atoms with Crippen LogP contribution in [0.3, 0.4) is 0 Å². The molecule has 1 atom stereocenters. The van der Waals surface area contributed by atoms with E-state index in [0.717, 1.165) is 24.8 Å². The van der Waals surface area contributed by atoms with Gasteiger partial charge in [0.1, 0.15) is 11.5 Å². The van der Waals surface area contributed by atoms with Crippen LogP contribution in [0.15, 0.2) is 42.7 Å². The van der Waals surface area contributed by atoms with Gasteiger partial charge in [0.2, 0.25) is 0 Å². The maximum Gasteiger partial charge on any atom is 0.119 e. The van der Waals surface area contributed by atoms with Crippen molar-refractivity contribution in [2.45, 2.75) is 32.1 Å². The number of hydrogen-bond donors (Lipinski definition) is 2. The molecule has 0 radical (unpaired) electrons. The van der Waals surface area contributed by atoms with Crippen molar-refractivity contribution in [3.8, 4) is 11.5 Å². The van der Waals surface area contributed by atoms with Gasteiger partial charge in [-0.3, -0.25) is 4.98 Å². The minimum absolute atomic E-state index is 0.121. The zero-order chi connectivity index (χ0) is 13.7. The minimum atomic E-state index is 0.121. The van der Waals surface area contributed by atoms with Crippen molar-refractivity contribution in [2.24, 2.45) is 0 Å². The van der Waals surface area contributed by atoms with Gasteiger partial charge < -0.3 is 10.2 Å². The van der Waals surface area contributed by atoms with E-state index in [2.05, 4.69) is 11.9 Å². The summed E-state index contributed by atoms with van der Waals surface area (Å²) in [6.07, 6.45) is 6.74. The van der Waals surface area contributed by atoms with Crippen molar-refractivity contribution >= 4 is 0 Å². The van der Waals surface area contributed by atoms with Crippen molar-refractivity contribution < 1.29 is 10.2 Å². The number of aromatic hydroxyl groups is 2. The number of aryl methyl sites for hydroxylation is 1. The molecule has 3 nitrogen and oxygen atoms in total. The SMILES string of the molecule is CC(CCCc1ccncc1)c1cc(O)cc(O)c1. The van der Waals surface area contributed by atoms with Gasteiger partial charge in [0.15, 0.2) is 0 Å². The van der Waals surface area contributed by atoms with E-state index in [4.69, 9.17) is 0 Å². The first-order chi connectivity index (χ1) is 9.15. The molecule has 19 heavy (non-hydrogen) atoms. The van der Waals surface area contributed by atoms with Gasteiger partial charge in [-0.25, -0.2) is 0 Å². The van der Waals surface area contributed by atoms with Gasteiger partial charge in [-0.1, -0.05) is 6.92 Å². The molecule has 2 N–H and O–H groups in total. The van der Waals surface area contributed by atoms with E-state index in [9.17, 15) is 10.2 Å². The molecule has 0 aliphatic rings. The van der Waals surface area contributed by atoms with Crippen LogP contribution < -0.4 is 0 Å². The number of nitrogens with zero attached hydrogens (tertiary/aromatic N) is 1. The number of phenols is 2. The highest BCUT2D eigenvalue weighted by Gasteiger charge is 2.08.